The third-order valence-electron chi connectivity index (χ3n) is 5.02. The lowest BCUT2D eigenvalue weighted by Gasteiger charge is -2.26. The highest BCUT2D eigenvalue weighted by Crippen LogP contribution is 2.37. The number of H-pyrrole nitrogens is 1. The summed E-state index contributed by atoms with van der Waals surface area (Å²) >= 11 is 0. The molecule has 0 aliphatic carbocycles. The first-order valence-electron chi connectivity index (χ1n) is 8.64. The van der Waals surface area contributed by atoms with Crippen LogP contribution >= 0.6 is 0 Å². The molecular formula is C21H18FN3O2. The predicted octanol–water partition coefficient (Wildman–Crippen LogP) is 3.36. The van der Waals surface area contributed by atoms with Crippen molar-refractivity contribution in [3.05, 3.63) is 66.0 Å². The molecule has 6 heteroatoms. The second-order valence-electron chi connectivity index (χ2n) is 6.53. The molecule has 0 unspecified atom stereocenters. The number of fused-ring (bicyclic) bond motifs is 3. The molecule has 2 amide bonds. The Morgan fingerprint density at radius 1 is 1.30 bits per heavy atom. The summed E-state index contributed by atoms with van der Waals surface area (Å²) in [4.78, 5) is 28.5. The number of halogens is 1. The second-order valence-corrected chi connectivity index (χ2v) is 6.53. The summed E-state index contributed by atoms with van der Waals surface area (Å²) in [5.74, 6) is -1.32. The molecule has 0 bridgehead atoms. The number of aromatic amines is 1. The Bertz CT molecular complexity index is 1140. The molecule has 0 fully saturated rings. The van der Waals surface area contributed by atoms with Crippen LogP contribution in [0.25, 0.3) is 27.4 Å². The van der Waals surface area contributed by atoms with E-state index in [1.165, 1.54) is 12.1 Å². The maximum absolute atomic E-state index is 15.1. The first-order chi connectivity index (χ1) is 13.0. The lowest BCUT2D eigenvalue weighted by Crippen LogP contribution is -2.33. The van der Waals surface area contributed by atoms with Crippen molar-refractivity contribution in [2.45, 2.75) is 6.42 Å². The van der Waals surface area contributed by atoms with E-state index in [2.05, 4.69) is 11.6 Å². The number of carbonyl (C=O) groups is 2. The van der Waals surface area contributed by atoms with Crippen LogP contribution < -0.4 is 5.73 Å². The molecule has 0 atom stereocenters. The Morgan fingerprint density at radius 2 is 2.07 bits per heavy atom. The SMILES string of the molecule is C=CC(=O)N1CC=C(c2c(F)cc(C(N)=O)c3[nH]c4ccccc4c23)CC1. The van der Waals surface area contributed by atoms with Crippen molar-refractivity contribution in [1.29, 1.82) is 0 Å². The minimum atomic E-state index is -0.683. The molecule has 5 nitrogen and oxygen atoms in total. The van der Waals surface area contributed by atoms with Crippen LogP contribution in [0.15, 0.2) is 49.1 Å². The number of nitrogens with two attached hydrogens (primary N) is 1. The molecule has 0 saturated carbocycles. The molecule has 1 aromatic heterocycles. The van der Waals surface area contributed by atoms with E-state index in [-0.39, 0.29) is 11.5 Å². The topological polar surface area (TPSA) is 79.2 Å². The number of amides is 2. The smallest absolute Gasteiger partial charge is 0.250 e. The zero-order valence-electron chi connectivity index (χ0n) is 14.6. The Hall–Kier alpha value is -3.41. The Morgan fingerprint density at radius 3 is 2.74 bits per heavy atom. The van der Waals surface area contributed by atoms with E-state index < -0.39 is 11.7 Å². The van der Waals surface area contributed by atoms with E-state index in [0.717, 1.165) is 16.5 Å². The number of nitrogens with one attached hydrogen (secondary N) is 1. The highest BCUT2D eigenvalue weighted by molar-refractivity contribution is 6.18. The van der Waals surface area contributed by atoms with E-state index in [1.54, 1.807) is 4.90 Å². The van der Waals surface area contributed by atoms with Gasteiger partial charge in [-0.05, 0) is 30.2 Å². The lowest BCUT2D eigenvalue weighted by molar-refractivity contribution is -0.125. The number of nitrogens with zero attached hydrogens (tertiary/aromatic N) is 1. The fourth-order valence-electron chi connectivity index (χ4n) is 3.73. The molecular weight excluding hydrogens is 345 g/mol. The van der Waals surface area contributed by atoms with Crippen LogP contribution in [0.3, 0.4) is 0 Å². The summed E-state index contributed by atoms with van der Waals surface area (Å²) in [5.41, 5.74) is 8.21. The molecule has 136 valence electrons. The van der Waals surface area contributed by atoms with Crippen molar-refractivity contribution in [3.8, 4) is 0 Å². The van der Waals surface area contributed by atoms with Crippen molar-refractivity contribution in [2.75, 3.05) is 13.1 Å². The van der Waals surface area contributed by atoms with Gasteiger partial charge in [-0.25, -0.2) is 4.39 Å². The average Bonchev–Trinajstić information content (AvgIpc) is 3.06. The molecule has 27 heavy (non-hydrogen) atoms. The van der Waals surface area contributed by atoms with Gasteiger partial charge in [-0.15, -0.1) is 0 Å². The van der Waals surface area contributed by atoms with Gasteiger partial charge in [0.25, 0.3) is 5.91 Å². The third-order valence-corrected chi connectivity index (χ3v) is 5.02. The molecule has 3 aromatic rings. The average molecular weight is 363 g/mol. The van der Waals surface area contributed by atoms with E-state index in [4.69, 9.17) is 5.73 Å². The van der Waals surface area contributed by atoms with E-state index in [9.17, 15) is 9.59 Å². The maximum atomic E-state index is 15.1. The van der Waals surface area contributed by atoms with Gasteiger partial charge in [-0.3, -0.25) is 9.59 Å². The van der Waals surface area contributed by atoms with Crippen molar-refractivity contribution in [2.24, 2.45) is 5.73 Å². The van der Waals surface area contributed by atoms with Gasteiger partial charge in [0.1, 0.15) is 5.82 Å². The van der Waals surface area contributed by atoms with Gasteiger partial charge in [-0.1, -0.05) is 30.9 Å². The van der Waals surface area contributed by atoms with Gasteiger partial charge in [0, 0.05) is 34.9 Å². The molecule has 1 aliphatic rings. The number of para-hydroxylation sites is 1. The van der Waals surface area contributed by atoms with Gasteiger partial charge >= 0.3 is 0 Å². The fourth-order valence-corrected chi connectivity index (χ4v) is 3.73. The highest BCUT2D eigenvalue weighted by atomic mass is 19.1. The van der Waals surface area contributed by atoms with Gasteiger partial charge in [0.05, 0.1) is 11.1 Å². The van der Waals surface area contributed by atoms with Crippen LogP contribution in [0.5, 0.6) is 0 Å². The van der Waals surface area contributed by atoms with E-state index in [0.29, 0.717) is 36.0 Å². The van der Waals surface area contributed by atoms with Gasteiger partial charge in [0.15, 0.2) is 0 Å². The van der Waals surface area contributed by atoms with Crippen LogP contribution in [-0.4, -0.2) is 34.8 Å². The first kappa shape index (κ1) is 17.0. The summed E-state index contributed by atoms with van der Waals surface area (Å²) in [6.45, 7) is 4.38. The number of rotatable bonds is 3. The number of hydrogen-bond donors (Lipinski definition) is 2. The summed E-state index contributed by atoms with van der Waals surface area (Å²) in [5, 5.41) is 1.48. The standard InChI is InChI=1S/C21H18FN3O2/c1-2-17(26)25-9-7-12(8-10-25)18-15(22)11-14(21(23)27)20-19(18)13-5-3-4-6-16(13)24-20/h2-7,11,24H,1,8-10H2,(H2,23,27). The number of hydrogen-bond acceptors (Lipinski definition) is 2. The summed E-state index contributed by atoms with van der Waals surface area (Å²) in [6.07, 6.45) is 3.65. The zero-order valence-corrected chi connectivity index (χ0v) is 14.6. The molecule has 0 saturated heterocycles. The van der Waals surface area contributed by atoms with Crippen LogP contribution in [0, 0.1) is 5.82 Å². The van der Waals surface area contributed by atoms with E-state index >= 15 is 4.39 Å². The molecule has 0 spiro atoms. The van der Waals surface area contributed by atoms with Gasteiger partial charge < -0.3 is 15.6 Å². The summed E-state index contributed by atoms with van der Waals surface area (Å²) in [7, 11) is 0. The minimum absolute atomic E-state index is 0.127. The lowest BCUT2D eigenvalue weighted by atomic mass is 9.92. The molecule has 3 N–H and O–H groups in total. The second kappa shape index (κ2) is 6.39. The zero-order chi connectivity index (χ0) is 19.1. The van der Waals surface area contributed by atoms with Crippen LogP contribution in [0.4, 0.5) is 4.39 Å². The maximum Gasteiger partial charge on any atom is 0.250 e. The Labute approximate surface area is 154 Å². The van der Waals surface area contributed by atoms with Gasteiger partial charge in [-0.2, -0.15) is 0 Å². The van der Waals surface area contributed by atoms with E-state index in [1.807, 2.05) is 30.3 Å². The van der Waals surface area contributed by atoms with Crippen LogP contribution in [0.1, 0.15) is 22.3 Å². The highest BCUT2D eigenvalue weighted by Gasteiger charge is 2.24. The summed E-state index contributed by atoms with van der Waals surface area (Å²) < 4.78 is 15.1. The summed E-state index contributed by atoms with van der Waals surface area (Å²) in [6, 6.07) is 8.70. The minimum Gasteiger partial charge on any atom is -0.366 e. The number of aromatic nitrogens is 1. The molecule has 2 heterocycles. The first-order valence-corrected chi connectivity index (χ1v) is 8.64. The van der Waals surface area contributed by atoms with Crippen molar-refractivity contribution in [1.82, 2.24) is 9.88 Å². The Balaban J connectivity index is 1.96. The quantitative estimate of drug-likeness (QED) is 0.700. The van der Waals surface area contributed by atoms with Gasteiger partial charge in [0.2, 0.25) is 5.91 Å². The predicted molar refractivity (Wildman–Crippen MR) is 104 cm³/mol. The van der Waals surface area contributed by atoms with Crippen molar-refractivity contribution < 1.29 is 14.0 Å². The van der Waals surface area contributed by atoms with Crippen LogP contribution in [0.2, 0.25) is 0 Å². The normalized spacial score (nSPS) is 14.4. The molecule has 2 aromatic carbocycles. The fraction of sp³-hybridized carbons (Fsp3) is 0.143. The number of primary amides is 1. The number of benzene rings is 2. The number of carbonyl (C=O) groups excluding carboxylic acids is 2. The monoisotopic (exact) mass is 363 g/mol. The molecule has 1 aliphatic heterocycles. The third kappa shape index (κ3) is 2.70. The van der Waals surface area contributed by atoms with Crippen molar-refractivity contribution in [3.63, 3.8) is 0 Å². The van der Waals surface area contributed by atoms with Crippen molar-refractivity contribution >= 4 is 39.2 Å². The Kier molecular flexibility index (Phi) is 4.03. The largest absolute Gasteiger partial charge is 0.366 e. The molecule has 0 radical (unpaired) electrons. The molecule has 4 rings (SSSR count). The van der Waals surface area contributed by atoms with Crippen LogP contribution in [-0.2, 0) is 4.79 Å².